The maximum absolute atomic E-state index is 13.0. The van der Waals surface area contributed by atoms with Crippen molar-refractivity contribution in [3.63, 3.8) is 0 Å². The number of nitrogens with one attached hydrogen (secondary N) is 1. The Morgan fingerprint density at radius 3 is 2.76 bits per heavy atom. The number of nitrogens with zero attached hydrogens (tertiary/aromatic N) is 2. The molecule has 5 rings (SSSR count). The number of aromatic nitrogens is 2. The molecule has 0 aliphatic heterocycles. The summed E-state index contributed by atoms with van der Waals surface area (Å²) in [6.45, 7) is 4.03. The molecule has 1 aliphatic carbocycles. The molecule has 0 fully saturated rings. The number of benzene rings is 2. The van der Waals surface area contributed by atoms with Gasteiger partial charge in [-0.05, 0) is 50.8 Å². The van der Waals surface area contributed by atoms with Gasteiger partial charge in [-0.1, -0.05) is 36.4 Å². The standard InChI is InChI=1S/C24H23N3O2/c1-15-8-3-5-11-20(15)27-21-12-7-10-19(18(21)14-25-27)26-24(28)23-16(2)17-9-4-6-13-22(17)29-23/h3-6,8-9,11,13-14,19H,7,10,12H2,1-2H3,(H,26,28)/t19-/m1/s1. The number of furan rings is 1. The Morgan fingerprint density at radius 2 is 1.93 bits per heavy atom. The van der Waals surface area contributed by atoms with Crippen molar-refractivity contribution in [3.8, 4) is 5.69 Å². The van der Waals surface area contributed by atoms with Crippen molar-refractivity contribution in [2.24, 2.45) is 0 Å². The van der Waals surface area contributed by atoms with Crippen molar-refractivity contribution in [1.29, 1.82) is 0 Å². The van der Waals surface area contributed by atoms with Gasteiger partial charge >= 0.3 is 0 Å². The lowest BCUT2D eigenvalue weighted by Gasteiger charge is -2.24. The first kappa shape index (κ1) is 17.7. The SMILES string of the molecule is Cc1ccccc1-n1ncc2c1CCC[C@H]2NC(=O)c1oc2ccccc2c1C. The molecular weight excluding hydrogens is 362 g/mol. The highest BCUT2D eigenvalue weighted by Gasteiger charge is 2.28. The van der Waals surface area contributed by atoms with Crippen LogP contribution in [0.1, 0.15) is 51.8 Å². The normalized spacial score (nSPS) is 16.0. The number of carbonyl (C=O) groups excluding carboxylic acids is 1. The van der Waals surface area contributed by atoms with E-state index in [0.717, 1.165) is 47.0 Å². The number of para-hydroxylation sites is 2. The Kier molecular flexibility index (Phi) is 4.23. The number of carbonyl (C=O) groups is 1. The van der Waals surface area contributed by atoms with Crippen LogP contribution in [0.3, 0.4) is 0 Å². The third kappa shape index (κ3) is 2.94. The molecule has 0 unspecified atom stereocenters. The molecule has 1 N–H and O–H groups in total. The molecular formula is C24H23N3O2. The zero-order valence-electron chi connectivity index (χ0n) is 16.6. The third-order valence-electron chi connectivity index (χ3n) is 5.88. The second-order valence-electron chi connectivity index (χ2n) is 7.72. The molecule has 29 heavy (non-hydrogen) atoms. The molecule has 5 nitrogen and oxygen atoms in total. The van der Waals surface area contributed by atoms with Gasteiger partial charge in [0.05, 0.1) is 17.9 Å². The Bertz CT molecular complexity index is 1220. The van der Waals surface area contributed by atoms with Crippen LogP contribution in [-0.2, 0) is 6.42 Å². The minimum Gasteiger partial charge on any atom is -0.451 e. The summed E-state index contributed by atoms with van der Waals surface area (Å²) in [6.07, 6.45) is 4.77. The number of rotatable bonds is 3. The Balaban J connectivity index is 1.46. The van der Waals surface area contributed by atoms with Gasteiger partial charge in [-0.3, -0.25) is 4.79 Å². The summed E-state index contributed by atoms with van der Waals surface area (Å²) < 4.78 is 7.87. The van der Waals surface area contributed by atoms with E-state index in [4.69, 9.17) is 4.42 Å². The van der Waals surface area contributed by atoms with Crippen LogP contribution in [-0.4, -0.2) is 15.7 Å². The van der Waals surface area contributed by atoms with Crippen LogP contribution in [0.5, 0.6) is 0 Å². The van der Waals surface area contributed by atoms with Gasteiger partial charge < -0.3 is 9.73 Å². The van der Waals surface area contributed by atoms with E-state index in [1.165, 1.54) is 11.3 Å². The van der Waals surface area contributed by atoms with Crippen molar-refractivity contribution in [1.82, 2.24) is 15.1 Å². The van der Waals surface area contributed by atoms with E-state index in [0.29, 0.717) is 5.76 Å². The van der Waals surface area contributed by atoms with Crippen LogP contribution < -0.4 is 5.32 Å². The Labute approximate surface area is 169 Å². The maximum Gasteiger partial charge on any atom is 0.287 e. The third-order valence-corrected chi connectivity index (χ3v) is 5.88. The zero-order chi connectivity index (χ0) is 20.0. The Morgan fingerprint density at radius 1 is 1.14 bits per heavy atom. The number of hydrogen-bond donors (Lipinski definition) is 1. The molecule has 1 atom stereocenters. The lowest BCUT2D eigenvalue weighted by Crippen LogP contribution is -2.31. The van der Waals surface area contributed by atoms with E-state index in [2.05, 4.69) is 29.5 Å². The van der Waals surface area contributed by atoms with Crippen molar-refractivity contribution in [3.05, 3.63) is 82.9 Å². The molecule has 0 saturated carbocycles. The number of amides is 1. The molecule has 2 aromatic heterocycles. The van der Waals surface area contributed by atoms with Crippen LogP contribution in [0.25, 0.3) is 16.7 Å². The van der Waals surface area contributed by atoms with Crippen molar-refractivity contribution in [2.75, 3.05) is 0 Å². The van der Waals surface area contributed by atoms with Gasteiger partial charge in [-0.25, -0.2) is 4.68 Å². The summed E-state index contributed by atoms with van der Waals surface area (Å²) in [7, 11) is 0. The van der Waals surface area contributed by atoms with Crippen LogP contribution >= 0.6 is 0 Å². The van der Waals surface area contributed by atoms with E-state index in [9.17, 15) is 4.79 Å². The summed E-state index contributed by atoms with van der Waals surface area (Å²) in [6, 6.07) is 15.9. The average molecular weight is 385 g/mol. The van der Waals surface area contributed by atoms with E-state index in [-0.39, 0.29) is 11.9 Å². The highest BCUT2D eigenvalue weighted by molar-refractivity contribution is 5.99. The minimum atomic E-state index is -0.166. The molecule has 0 radical (unpaired) electrons. The zero-order valence-corrected chi connectivity index (χ0v) is 16.6. The summed E-state index contributed by atoms with van der Waals surface area (Å²) >= 11 is 0. The fourth-order valence-corrected chi connectivity index (χ4v) is 4.33. The fraction of sp³-hybridized carbons (Fsp3) is 0.250. The van der Waals surface area contributed by atoms with Crippen molar-refractivity contribution >= 4 is 16.9 Å². The summed E-state index contributed by atoms with van der Waals surface area (Å²) in [4.78, 5) is 13.0. The second kappa shape index (κ2) is 6.92. The first-order valence-corrected chi connectivity index (χ1v) is 10.1. The van der Waals surface area contributed by atoms with Gasteiger partial charge in [-0.2, -0.15) is 5.10 Å². The van der Waals surface area contributed by atoms with E-state index in [1.807, 2.05) is 54.2 Å². The predicted molar refractivity (Wildman–Crippen MR) is 112 cm³/mol. The highest BCUT2D eigenvalue weighted by atomic mass is 16.3. The molecule has 5 heteroatoms. The van der Waals surface area contributed by atoms with Gasteiger partial charge in [-0.15, -0.1) is 0 Å². The molecule has 1 amide bonds. The summed E-state index contributed by atoms with van der Waals surface area (Å²) in [5.74, 6) is 0.227. The number of fused-ring (bicyclic) bond motifs is 2. The van der Waals surface area contributed by atoms with E-state index in [1.54, 1.807) is 0 Å². The molecule has 146 valence electrons. The second-order valence-corrected chi connectivity index (χ2v) is 7.72. The summed E-state index contributed by atoms with van der Waals surface area (Å²) in [5, 5.41) is 8.82. The molecule has 1 aliphatic rings. The van der Waals surface area contributed by atoms with E-state index >= 15 is 0 Å². The van der Waals surface area contributed by atoms with E-state index < -0.39 is 0 Å². The minimum absolute atomic E-state index is 0.0587. The predicted octanol–water partition coefficient (Wildman–Crippen LogP) is 5.04. The fourth-order valence-electron chi connectivity index (χ4n) is 4.33. The lowest BCUT2D eigenvalue weighted by atomic mass is 9.92. The molecule has 0 bridgehead atoms. The summed E-state index contributed by atoms with van der Waals surface area (Å²) in [5.41, 5.74) is 6.17. The molecule has 2 heterocycles. The van der Waals surface area contributed by atoms with Gasteiger partial charge in [0.1, 0.15) is 5.58 Å². The van der Waals surface area contributed by atoms with Crippen LogP contribution in [0, 0.1) is 13.8 Å². The van der Waals surface area contributed by atoms with Gasteiger partial charge in [0.2, 0.25) is 0 Å². The van der Waals surface area contributed by atoms with Crippen molar-refractivity contribution < 1.29 is 9.21 Å². The van der Waals surface area contributed by atoms with Gasteiger partial charge in [0, 0.05) is 22.2 Å². The quantitative estimate of drug-likeness (QED) is 0.537. The first-order chi connectivity index (χ1) is 14.1. The molecule has 4 aromatic rings. The maximum atomic E-state index is 13.0. The van der Waals surface area contributed by atoms with Crippen molar-refractivity contribution in [2.45, 2.75) is 39.2 Å². The molecule has 0 saturated heterocycles. The topological polar surface area (TPSA) is 60.1 Å². The largest absolute Gasteiger partial charge is 0.451 e. The molecule has 0 spiro atoms. The average Bonchev–Trinajstić information content (AvgIpc) is 3.31. The molecule has 2 aromatic carbocycles. The lowest BCUT2D eigenvalue weighted by molar-refractivity contribution is 0.0906. The smallest absolute Gasteiger partial charge is 0.287 e. The number of hydrogen-bond acceptors (Lipinski definition) is 3. The first-order valence-electron chi connectivity index (χ1n) is 10.1. The highest BCUT2D eigenvalue weighted by Crippen LogP contribution is 2.32. The Hall–Kier alpha value is -3.34. The van der Waals surface area contributed by atoms with Crippen LogP contribution in [0.15, 0.2) is 59.1 Å². The number of aryl methyl sites for hydroxylation is 2. The van der Waals surface area contributed by atoms with Crippen LogP contribution in [0.2, 0.25) is 0 Å². The van der Waals surface area contributed by atoms with Gasteiger partial charge in [0.25, 0.3) is 5.91 Å². The van der Waals surface area contributed by atoms with Crippen LogP contribution in [0.4, 0.5) is 0 Å². The monoisotopic (exact) mass is 385 g/mol. The van der Waals surface area contributed by atoms with Gasteiger partial charge in [0.15, 0.2) is 5.76 Å².